The first-order valence-corrected chi connectivity index (χ1v) is 5.98. The van der Waals surface area contributed by atoms with Gasteiger partial charge in [0.1, 0.15) is 0 Å². The Bertz CT molecular complexity index is 124. The molecule has 2 nitrogen and oxygen atoms in total. The van der Waals surface area contributed by atoms with Crippen LogP contribution < -0.4 is 0 Å². The zero-order chi connectivity index (χ0) is 8.48. The lowest BCUT2D eigenvalue weighted by Gasteiger charge is -2.11. The lowest BCUT2D eigenvalue weighted by Crippen LogP contribution is -2.20. The van der Waals surface area contributed by atoms with Gasteiger partial charge in [-0.2, -0.15) is 0 Å². The molecule has 0 unspecified atom stereocenters. The first-order chi connectivity index (χ1) is 5.09. The Morgan fingerprint density at radius 1 is 1.09 bits per heavy atom. The SMILES string of the molecule is CC[C@@H]1OC(I)(I)O[C@@H]1CC. The summed E-state index contributed by atoms with van der Waals surface area (Å²) in [5, 5.41) is 0. The van der Waals surface area contributed by atoms with Crippen molar-refractivity contribution in [2.75, 3.05) is 0 Å². The number of alkyl halides is 2. The summed E-state index contributed by atoms with van der Waals surface area (Å²) < 4.78 is 10.9. The van der Waals surface area contributed by atoms with Crippen molar-refractivity contribution in [1.82, 2.24) is 0 Å². The molecule has 4 heteroatoms. The van der Waals surface area contributed by atoms with Crippen molar-refractivity contribution >= 4 is 45.2 Å². The van der Waals surface area contributed by atoms with Crippen molar-refractivity contribution in [2.24, 2.45) is 0 Å². The molecule has 2 atom stereocenters. The molecule has 11 heavy (non-hydrogen) atoms. The number of rotatable bonds is 2. The fourth-order valence-corrected chi connectivity index (χ4v) is 2.53. The van der Waals surface area contributed by atoms with Gasteiger partial charge in [-0.25, -0.2) is 0 Å². The molecule has 0 aromatic rings. The summed E-state index contributed by atoms with van der Waals surface area (Å²) in [5.41, 5.74) is 0. The Morgan fingerprint density at radius 2 is 1.45 bits per heavy atom. The van der Waals surface area contributed by atoms with Crippen LogP contribution in [-0.4, -0.2) is 14.0 Å². The van der Waals surface area contributed by atoms with E-state index in [-0.39, 0.29) is 12.2 Å². The van der Waals surface area contributed by atoms with Gasteiger partial charge in [-0.1, -0.05) is 13.8 Å². The number of ether oxygens (including phenoxy) is 2. The Kier molecular flexibility index (Phi) is 3.86. The van der Waals surface area contributed by atoms with Crippen LogP contribution in [0.2, 0.25) is 0 Å². The van der Waals surface area contributed by atoms with Crippen molar-refractivity contribution < 1.29 is 9.47 Å². The maximum Gasteiger partial charge on any atom is 0.275 e. The fraction of sp³-hybridized carbons (Fsp3) is 1.00. The summed E-state index contributed by atoms with van der Waals surface area (Å²) in [5.74, 6) is 0. The van der Waals surface area contributed by atoms with Gasteiger partial charge in [-0.05, 0) is 12.8 Å². The number of halogens is 2. The number of hydrogen-bond donors (Lipinski definition) is 0. The topological polar surface area (TPSA) is 18.5 Å². The summed E-state index contributed by atoms with van der Waals surface area (Å²) in [6, 6.07) is 0. The van der Waals surface area contributed by atoms with Gasteiger partial charge in [0.25, 0.3) is 1.80 Å². The third-order valence-corrected chi connectivity index (χ3v) is 2.81. The van der Waals surface area contributed by atoms with Gasteiger partial charge in [0.15, 0.2) is 0 Å². The quantitative estimate of drug-likeness (QED) is 0.540. The summed E-state index contributed by atoms with van der Waals surface area (Å²) in [4.78, 5) is 0. The molecule has 0 saturated carbocycles. The van der Waals surface area contributed by atoms with E-state index in [4.69, 9.17) is 9.47 Å². The Morgan fingerprint density at radius 3 is 1.73 bits per heavy atom. The minimum Gasteiger partial charge on any atom is -0.328 e. The molecule has 66 valence electrons. The van der Waals surface area contributed by atoms with Crippen LogP contribution in [-0.2, 0) is 9.47 Å². The molecular formula is C7H12I2O2. The summed E-state index contributed by atoms with van der Waals surface area (Å²) in [6.07, 6.45) is 2.64. The van der Waals surface area contributed by atoms with Gasteiger partial charge >= 0.3 is 0 Å². The largest absolute Gasteiger partial charge is 0.328 e. The molecule has 0 radical (unpaired) electrons. The standard InChI is InChI=1S/C7H12I2O2/c1-3-5-6(4-2)11-7(8,9)10-5/h5-6H,3-4H2,1-2H3/t5-,6+. The first kappa shape index (κ1) is 10.5. The highest BCUT2D eigenvalue weighted by atomic mass is 127. The second-order valence-corrected chi connectivity index (χ2v) is 7.50. The van der Waals surface area contributed by atoms with E-state index < -0.39 is 1.80 Å². The molecule has 0 bridgehead atoms. The van der Waals surface area contributed by atoms with Crippen LogP contribution in [0, 0.1) is 0 Å². The van der Waals surface area contributed by atoms with Crippen molar-refractivity contribution in [1.29, 1.82) is 0 Å². The van der Waals surface area contributed by atoms with E-state index in [1.54, 1.807) is 0 Å². The van der Waals surface area contributed by atoms with Gasteiger partial charge < -0.3 is 9.47 Å². The van der Waals surface area contributed by atoms with Gasteiger partial charge in [0.05, 0.1) is 12.2 Å². The molecule has 0 aromatic heterocycles. The minimum atomic E-state index is -0.420. The van der Waals surface area contributed by atoms with E-state index >= 15 is 0 Å². The van der Waals surface area contributed by atoms with Crippen LogP contribution in [0.25, 0.3) is 0 Å². The van der Waals surface area contributed by atoms with E-state index in [9.17, 15) is 0 Å². The van der Waals surface area contributed by atoms with Crippen LogP contribution in [0.15, 0.2) is 0 Å². The van der Waals surface area contributed by atoms with Crippen LogP contribution in [0.3, 0.4) is 0 Å². The Hall–Kier alpha value is 1.38. The fourth-order valence-electron chi connectivity index (χ4n) is 1.22. The van der Waals surface area contributed by atoms with Gasteiger partial charge in [0.2, 0.25) is 0 Å². The smallest absolute Gasteiger partial charge is 0.275 e. The molecule has 0 spiro atoms. The van der Waals surface area contributed by atoms with Gasteiger partial charge in [-0.3, -0.25) is 0 Å². The van der Waals surface area contributed by atoms with Crippen molar-refractivity contribution in [2.45, 2.75) is 40.7 Å². The van der Waals surface area contributed by atoms with Crippen LogP contribution in [0.1, 0.15) is 26.7 Å². The van der Waals surface area contributed by atoms with E-state index in [2.05, 4.69) is 59.0 Å². The van der Waals surface area contributed by atoms with E-state index in [0.29, 0.717) is 0 Å². The molecule has 1 fully saturated rings. The molecule has 0 N–H and O–H groups in total. The highest BCUT2D eigenvalue weighted by molar-refractivity contribution is 14.2. The summed E-state index contributed by atoms with van der Waals surface area (Å²) >= 11 is 4.37. The highest BCUT2D eigenvalue weighted by Gasteiger charge is 2.42. The van der Waals surface area contributed by atoms with E-state index in [0.717, 1.165) is 12.8 Å². The normalized spacial score (nSPS) is 36.0. The van der Waals surface area contributed by atoms with E-state index in [1.165, 1.54) is 0 Å². The second-order valence-electron chi connectivity index (χ2n) is 2.59. The van der Waals surface area contributed by atoms with Crippen molar-refractivity contribution in [3.63, 3.8) is 0 Å². The zero-order valence-corrected chi connectivity index (χ0v) is 11.0. The Balaban J connectivity index is 2.55. The Labute approximate surface area is 94.7 Å². The molecule has 1 aliphatic heterocycles. The molecule has 1 aliphatic rings. The molecule has 1 heterocycles. The molecule has 0 aliphatic carbocycles. The lowest BCUT2D eigenvalue weighted by atomic mass is 10.1. The third-order valence-electron chi connectivity index (χ3n) is 1.80. The summed E-state index contributed by atoms with van der Waals surface area (Å²) in [6.45, 7) is 4.26. The van der Waals surface area contributed by atoms with Gasteiger partial charge in [-0.15, -0.1) is 0 Å². The predicted molar refractivity (Wildman–Crippen MR) is 61.1 cm³/mol. The highest BCUT2D eigenvalue weighted by Crippen LogP contribution is 2.41. The summed E-state index contributed by atoms with van der Waals surface area (Å²) in [7, 11) is 0. The minimum absolute atomic E-state index is 0.286. The maximum atomic E-state index is 5.65. The maximum absolute atomic E-state index is 5.65. The molecule has 0 aromatic carbocycles. The lowest BCUT2D eigenvalue weighted by molar-refractivity contribution is 0.00449. The average Bonchev–Trinajstić information content (AvgIpc) is 2.25. The van der Waals surface area contributed by atoms with Crippen molar-refractivity contribution in [3.8, 4) is 0 Å². The molecular weight excluding hydrogens is 370 g/mol. The predicted octanol–water partition coefficient (Wildman–Crippen LogP) is 3.07. The molecule has 1 rings (SSSR count). The monoisotopic (exact) mass is 382 g/mol. The first-order valence-electron chi connectivity index (χ1n) is 3.82. The van der Waals surface area contributed by atoms with Gasteiger partial charge in [0, 0.05) is 45.2 Å². The zero-order valence-electron chi connectivity index (χ0n) is 6.64. The average molecular weight is 382 g/mol. The van der Waals surface area contributed by atoms with Crippen LogP contribution in [0.4, 0.5) is 0 Å². The number of hydrogen-bond acceptors (Lipinski definition) is 2. The second kappa shape index (κ2) is 4.06. The van der Waals surface area contributed by atoms with Crippen molar-refractivity contribution in [3.05, 3.63) is 0 Å². The van der Waals surface area contributed by atoms with E-state index in [1.807, 2.05) is 0 Å². The van der Waals surface area contributed by atoms with Crippen LogP contribution >= 0.6 is 45.2 Å². The molecule has 0 amide bonds. The van der Waals surface area contributed by atoms with Crippen LogP contribution in [0.5, 0.6) is 0 Å². The molecule has 1 saturated heterocycles. The third kappa shape index (κ3) is 2.67.